The Morgan fingerprint density at radius 2 is 1.93 bits per heavy atom. The Morgan fingerprint density at radius 3 is 2.62 bits per heavy atom. The van der Waals surface area contributed by atoms with Gasteiger partial charge in [0.25, 0.3) is 5.69 Å². The van der Waals surface area contributed by atoms with Gasteiger partial charge in [-0.2, -0.15) is 5.10 Å². The first-order valence-corrected chi connectivity index (χ1v) is 10.0. The highest BCUT2D eigenvalue weighted by molar-refractivity contribution is 8.00. The van der Waals surface area contributed by atoms with Crippen molar-refractivity contribution in [2.24, 2.45) is 0 Å². The van der Waals surface area contributed by atoms with Gasteiger partial charge in [0.05, 0.1) is 32.6 Å². The number of para-hydroxylation sites is 1. The molecule has 1 heterocycles. The molecule has 0 bridgehead atoms. The molecule has 8 heteroatoms. The predicted molar refractivity (Wildman–Crippen MR) is 111 cm³/mol. The van der Waals surface area contributed by atoms with Crippen LogP contribution < -0.4 is 0 Å². The lowest BCUT2D eigenvalue weighted by Crippen LogP contribution is -2.11. The molecule has 0 radical (unpaired) electrons. The maximum absolute atomic E-state index is 12.3. The van der Waals surface area contributed by atoms with Gasteiger partial charge in [0.2, 0.25) is 0 Å². The van der Waals surface area contributed by atoms with Crippen molar-refractivity contribution < 1.29 is 14.5 Å². The van der Waals surface area contributed by atoms with Gasteiger partial charge in [0.15, 0.2) is 0 Å². The molecule has 0 aliphatic carbocycles. The number of nitro groups is 1. The van der Waals surface area contributed by atoms with Crippen LogP contribution in [0, 0.1) is 24.0 Å². The standard InChI is InChI=1S/C21H21N3O4S/c1-14-21(15(2)23(22-14)18-9-5-4-6-10-18)29-13-20(25)28-16(3)17-8-7-11-19(12-17)24(26)27/h4-12,16H,13H2,1-3H3/t16-/m0/s1. The summed E-state index contributed by atoms with van der Waals surface area (Å²) >= 11 is 1.38. The predicted octanol–water partition coefficient (Wildman–Crippen LogP) is 4.79. The van der Waals surface area contributed by atoms with E-state index in [1.165, 1.54) is 23.9 Å². The average Bonchev–Trinajstić information content (AvgIpc) is 3.00. The minimum atomic E-state index is -0.572. The number of esters is 1. The highest BCUT2D eigenvalue weighted by Gasteiger charge is 2.18. The number of aryl methyl sites for hydroxylation is 1. The second-order valence-corrected chi connectivity index (χ2v) is 7.51. The lowest BCUT2D eigenvalue weighted by atomic mass is 10.1. The van der Waals surface area contributed by atoms with E-state index in [2.05, 4.69) is 5.10 Å². The van der Waals surface area contributed by atoms with Crippen LogP contribution in [0.2, 0.25) is 0 Å². The number of hydrogen-bond acceptors (Lipinski definition) is 6. The number of nitro benzene ring substituents is 1. The van der Waals surface area contributed by atoms with Gasteiger partial charge in [-0.15, -0.1) is 11.8 Å². The molecule has 150 valence electrons. The van der Waals surface area contributed by atoms with Crippen LogP contribution in [0.1, 0.15) is 30.0 Å². The summed E-state index contributed by atoms with van der Waals surface area (Å²) in [5.74, 6) is -0.262. The van der Waals surface area contributed by atoms with Gasteiger partial charge in [-0.25, -0.2) is 4.68 Å². The molecule has 0 amide bonds. The molecule has 29 heavy (non-hydrogen) atoms. The second kappa shape index (κ2) is 8.91. The smallest absolute Gasteiger partial charge is 0.316 e. The zero-order chi connectivity index (χ0) is 21.0. The zero-order valence-corrected chi connectivity index (χ0v) is 17.2. The first-order valence-electron chi connectivity index (χ1n) is 9.05. The molecule has 0 saturated heterocycles. The normalized spacial score (nSPS) is 11.8. The molecule has 7 nitrogen and oxygen atoms in total. The van der Waals surface area contributed by atoms with Crippen molar-refractivity contribution >= 4 is 23.4 Å². The third-order valence-electron chi connectivity index (χ3n) is 4.42. The fourth-order valence-electron chi connectivity index (χ4n) is 2.98. The second-order valence-electron chi connectivity index (χ2n) is 6.52. The fourth-order valence-corrected chi connectivity index (χ4v) is 3.85. The van der Waals surface area contributed by atoms with Crippen LogP contribution in [0.25, 0.3) is 5.69 Å². The number of nitrogens with zero attached hydrogens (tertiary/aromatic N) is 3. The molecular weight excluding hydrogens is 390 g/mol. The van der Waals surface area contributed by atoms with E-state index in [1.807, 2.05) is 48.9 Å². The van der Waals surface area contributed by atoms with Crippen LogP contribution in [-0.2, 0) is 9.53 Å². The summed E-state index contributed by atoms with van der Waals surface area (Å²) in [6.45, 7) is 5.57. The third kappa shape index (κ3) is 4.83. The molecule has 2 aromatic carbocycles. The number of rotatable bonds is 7. The Labute approximate surface area is 172 Å². The molecule has 1 atom stereocenters. The Bertz CT molecular complexity index is 1030. The summed E-state index contributed by atoms with van der Waals surface area (Å²) in [7, 11) is 0. The Balaban J connectivity index is 1.65. The van der Waals surface area contributed by atoms with Gasteiger partial charge in [-0.05, 0) is 38.5 Å². The van der Waals surface area contributed by atoms with E-state index < -0.39 is 11.0 Å². The van der Waals surface area contributed by atoms with Crippen molar-refractivity contribution in [3.05, 3.63) is 81.7 Å². The van der Waals surface area contributed by atoms with Crippen LogP contribution >= 0.6 is 11.8 Å². The molecule has 0 saturated carbocycles. The van der Waals surface area contributed by atoms with E-state index in [9.17, 15) is 14.9 Å². The Hall–Kier alpha value is -3.13. The number of carbonyl (C=O) groups is 1. The van der Waals surface area contributed by atoms with E-state index in [0.29, 0.717) is 5.56 Å². The van der Waals surface area contributed by atoms with Gasteiger partial charge in [-0.1, -0.05) is 30.3 Å². The average molecular weight is 411 g/mol. The van der Waals surface area contributed by atoms with Gasteiger partial charge >= 0.3 is 5.97 Å². The van der Waals surface area contributed by atoms with Crippen LogP contribution in [0.3, 0.4) is 0 Å². The molecule has 3 rings (SSSR count). The van der Waals surface area contributed by atoms with Crippen molar-refractivity contribution in [1.29, 1.82) is 0 Å². The summed E-state index contributed by atoms with van der Waals surface area (Å²) in [6.07, 6.45) is -0.572. The number of carbonyl (C=O) groups excluding carboxylic acids is 1. The molecule has 0 aliphatic heterocycles. The van der Waals surface area contributed by atoms with E-state index >= 15 is 0 Å². The highest BCUT2D eigenvalue weighted by Crippen LogP contribution is 2.29. The van der Waals surface area contributed by atoms with Gasteiger partial charge in [0, 0.05) is 12.1 Å². The van der Waals surface area contributed by atoms with Crippen LogP contribution in [-0.4, -0.2) is 26.4 Å². The number of ether oxygens (including phenoxy) is 1. The van der Waals surface area contributed by atoms with E-state index in [0.717, 1.165) is 22.0 Å². The lowest BCUT2D eigenvalue weighted by Gasteiger charge is -2.13. The van der Waals surface area contributed by atoms with Crippen LogP contribution in [0.4, 0.5) is 5.69 Å². The summed E-state index contributed by atoms with van der Waals surface area (Å²) in [5, 5.41) is 15.5. The minimum absolute atomic E-state index is 0.0284. The number of aromatic nitrogens is 2. The maximum atomic E-state index is 12.3. The van der Waals surface area contributed by atoms with Crippen LogP contribution in [0.5, 0.6) is 0 Å². The molecule has 0 fully saturated rings. The first-order chi connectivity index (χ1) is 13.9. The molecule has 0 spiro atoms. The minimum Gasteiger partial charge on any atom is -0.457 e. The largest absolute Gasteiger partial charge is 0.457 e. The van der Waals surface area contributed by atoms with E-state index in [-0.39, 0.29) is 17.4 Å². The van der Waals surface area contributed by atoms with Crippen molar-refractivity contribution in [2.75, 3.05) is 5.75 Å². The molecule has 1 aromatic heterocycles. The van der Waals surface area contributed by atoms with Crippen molar-refractivity contribution in [1.82, 2.24) is 9.78 Å². The van der Waals surface area contributed by atoms with E-state index in [4.69, 9.17) is 4.74 Å². The molecule has 3 aromatic rings. The first kappa shape index (κ1) is 20.6. The van der Waals surface area contributed by atoms with Gasteiger partial charge < -0.3 is 4.74 Å². The summed E-state index contributed by atoms with van der Waals surface area (Å²) < 4.78 is 7.31. The SMILES string of the molecule is Cc1nn(-c2ccccc2)c(C)c1SCC(=O)O[C@@H](C)c1cccc([N+](=O)[O-])c1. The Kier molecular flexibility index (Phi) is 6.33. The summed E-state index contributed by atoms with van der Waals surface area (Å²) in [4.78, 5) is 23.7. The van der Waals surface area contributed by atoms with Crippen molar-refractivity contribution in [2.45, 2.75) is 31.8 Å². The number of hydrogen-bond donors (Lipinski definition) is 0. The van der Waals surface area contributed by atoms with E-state index in [1.54, 1.807) is 19.1 Å². The number of thioether (sulfide) groups is 1. The molecular formula is C21H21N3O4S. The monoisotopic (exact) mass is 411 g/mol. The zero-order valence-electron chi connectivity index (χ0n) is 16.4. The molecule has 0 aliphatic rings. The molecule has 0 N–H and O–H groups in total. The topological polar surface area (TPSA) is 87.3 Å². The van der Waals surface area contributed by atoms with Gasteiger partial charge in [-0.3, -0.25) is 14.9 Å². The molecule has 0 unspecified atom stereocenters. The van der Waals surface area contributed by atoms with Gasteiger partial charge in [0.1, 0.15) is 6.10 Å². The van der Waals surface area contributed by atoms with Crippen molar-refractivity contribution in [3.8, 4) is 5.69 Å². The van der Waals surface area contributed by atoms with Crippen LogP contribution in [0.15, 0.2) is 59.5 Å². The lowest BCUT2D eigenvalue weighted by molar-refractivity contribution is -0.385. The fraction of sp³-hybridized carbons (Fsp3) is 0.238. The number of non-ortho nitro benzene ring substituents is 1. The summed E-state index contributed by atoms with van der Waals surface area (Å²) in [6, 6.07) is 15.9. The third-order valence-corrected chi connectivity index (χ3v) is 5.68. The quantitative estimate of drug-likeness (QED) is 0.240. The summed E-state index contributed by atoms with van der Waals surface area (Å²) in [5.41, 5.74) is 3.32. The number of benzene rings is 2. The Morgan fingerprint density at radius 1 is 1.21 bits per heavy atom. The highest BCUT2D eigenvalue weighted by atomic mass is 32.2. The maximum Gasteiger partial charge on any atom is 0.316 e. The van der Waals surface area contributed by atoms with Crippen molar-refractivity contribution in [3.63, 3.8) is 0 Å².